The average molecular weight is 322 g/mol. The quantitative estimate of drug-likeness (QED) is 0.759. The molecule has 0 amide bonds. The van der Waals surface area contributed by atoms with E-state index in [-0.39, 0.29) is 11.2 Å². The zero-order valence-electron chi connectivity index (χ0n) is 9.52. The summed E-state index contributed by atoms with van der Waals surface area (Å²) in [6.45, 7) is 1.47. The first kappa shape index (κ1) is 13.3. The van der Waals surface area contributed by atoms with Crippen molar-refractivity contribution in [3.8, 4) is 0 Å². The molecule has 1 aromatic carbocycles. The number of hydrogen-bond donors (Lipinski definition) is 0. The van der Waals surface area contributed by atoms with E-state index in [1.807, 2.05) is 0 Å². The maximum absolute atomic E-state index is 13.2. The number of benzene rings is 1. The lowest BCUT2D eigenvalue weighted by Gasteiger charge is -2.35. The number of halogens is 3. The van der Waals surface area contributed by atoms with Crippen LogP contribution in [0.2, 0.25) is 0 Å². The largest absolute Gasteiger partial charge is 0.381 e. The normalized spacial score (nSPS) is 24.9. The van der Waals surface area contributed by atoms with E-state index in [0.29, 0.717) is 12.5 Å². The van der Waals surface area contributed by atoms with Gasteiger partial charge in [-0.2, -0.15) is 0 Å². The van der Waals surface area contributed by atoms with E-state index in [4.69, 9.17) is 16.3 Å². The molecule has 0 spiro atoms. The fourth-order valence-corrected chi connectivity index (χ4v) is 2.98. The van der Waals surface area contributed by atoms with Gasteiger partial charge in [-0.25, -0.2) is 4.39 Å². The molecule has 1 unspecified atom stereocenters. The van der Waals surface area contributed by atoms with Crippen molar-refractivity contribution in [2.75, 3.05) is 19.1 Å². The molecule has 1 aliphatic rings. The second-order valence-corrected chi connectivity index (χ2v) is 5.82. The van der Waals surface area contributed by atoms with Crippen molar-refractivity contribution in [3.63, 3.8) is 0 Å². The monoisotopic (exact) mass is 320 g/mol. The fourth-order valence-electron chi connectivity index (χ4n) is 2.28. The van der Waals surface area contributed by atoms with Gasteiger partial charge in [0.2, 0.25) is 0 Å². The van der Waals surface area contributed by atoms with Crippen LogP contribution in [0.25, 0.3) is 0 Å². The van der Waals surface area contributed by atoms with Crippen molar-refractivity contribution in [1.29, 1.82) is 0 Å². The lowest BCUT2D eigenvalue weighted by atomic mass is 9.79. The van der Waals surface area contributed by atoms with E-state index in [9.17, 15) is 4.39 Å². The maximum atomic E-state index is 13.2. The van der Waals surface area contributed by atoms with E-state index in [1.54, 1.807) is 12.1 Å². The van der Waals surface area contributed by atoms with Crippen LogP contribution >= 0.6 is 27.5 Å². The van der Waals surface area contributed by atoms with Gasteiger partial charge in [-0.3, -0.25) is 0 Å². The molecule has 1 fully saturated rings. The van der Waals surface area contributed by atoms with Gasteiger partial charge in [0.1, 0.15) is 5.82 Å². The van der Waals surface area contributed by atoms with E-state index >= 15 is 0 Å². The van der Waals surface area contributed by atoms with Crippen LogP contribution in [0.5, 0.6) is 0 Å². The van der Waals surface area contributed by atoms with Crippen LogP contribution in [0.3, 0.4) is 0 Å². The van der Waals surface area contributed by atoms with Crippen LogP contribution in [0.15, 0.2) is 22.7 Å². The van der Waals surface area contributed by atoms with Crippen molar-refractivity contribution < 1.29 is 9.13 Å². The fraction of sp³-hybridized carbons (Fsp3) is 0.538. The summed E-state index contributed by atoms with van der Waals surface area (Å²) in [5.41, 5.74) is 0.923. The summed E-state index contributed by atoms with van der Waals surface area (Å²) in [5.74, 6) is 0.348. The summed E-state index contributed by atoms with van der Waals surface area (Å²) in [5, 5.41) is 0. The molecule has 0 N–H and O–H groups in total. The molecule has 1 aromatic rings. The molecule has 0 saturated carbocycles. The molecule has 1 heterocycles. The molecule has 94 valence electrons. The van der Waals surface area contributed by atoms with Gasteiger partial charge < -0.3 is 4.74 Å². The molecular formula is C13H15BrClFO. The van der Waals surface area contributed by atoms with Crippen LogP contribution in [0.1, 0.15) is 18.4 Å². The molecule has 1 atom stereocenters. The first-order valence-corrected chi connectivity index (χ1v) is 7.06. The third kappa shape index (κ3) is 3.21. The number of hydrogen-bond acceptors (Lipinski definition) is 1. The molecule has 2 rings (SSSR count). The summed E-state index contributed by atoms with van der Waals surface area (Å²) < 4.78 is 19.7. The number of alkyl halides is 1. The van der Waals surface area contributed by atoms with Gasteiger partial charge in [0.25, 0.3) is 0 Å². The highest BCUT2D eigenvalue weighted by Crippen LogP contribution is 2.35. The van der Waals surface area contributed by atoms with E-state index in [0.717, 1.165) is 35.9 Å². The molecule has 1 nitrogen and oxygen atoms in total. The van der Waals surface area contributed by atoms with Crippen LogP contribution in [0, 0.1) is 11.2 Å². The SMILES string of the molecule is Fc1ccc(Br)c(CC2(CCl)CCCOC2)c1. The Hall–Kier alpha value is -0.120. The lowest BCUT2D eigenvalue weighted by molar-refractivity contribution is 0.00467. The molecule has 4 heteroatoms. The van der Waals surface area contributed by atoms with Gasteiger partial charge >= 0.3 is 0 Å². The summed E-state index contributed by atoms with van der Waals surface area (Å²) in [6, 6.07) is 4.78. The van der Waals surface area contributed by atoms with Gasteiger partial charge in [-0.05, 0) is 43.0 Å². The Balaban J connectivity index is 2.20. The van der Waals surface area contributed by atoms with Crippen molar-refractivity contribution >= 4 is 27.5 Å². The van der Waals surface area contributed by atoms with Crippen LogP contribution < -0.4 is 0 Å². The Morgan fingerprint density at radius 2 is 2.29 bits per heavy atom. The zero-order valence-corrected chi connectivity index (χ0v) is 11.9. The summed E-state index contributed by atoms with van der Waals surface area (Å²) >= 11 is 9.55. The number of ether oxygens (including phenoxy) is 1. The summed E-state index contributed by atoms with van der Waals surface area (Å²) in [4.78, 5) is 0. The van der Waals surface area contributed by atoms with Crippen molar-refractivity contribution in [3.05, 3.63) is 34.1 Å². The van der Waals surface area contributed by atoms with E-state index < -0.39 is 0 Å². The van der Waals surface area contributed by atoms with E-state index in [2.05, 4.69) is 15.9 Å². The molecular weight excluding hydrogens is 306 g/mol. The minimum Gasteiger partial charge on any atom is -0.381 e. The smallest absolute Gasteiger partial charge is 0.123 e. The van der Waals surface area contributed by atoms with Gasteiger partial charge in [0.15, 0.2) is 0 Å². The Kier molecular flexibility index (Phi) is 4.45. The average Bonchev–Trinajstić information content (AvgIpc) is 2.35. The minimum atomic E-state index is -0.204. The number of rotatable bonds is 3. The van der Waals surface area contributed by atoms with Crippen molar-refractivity contribution in [2.45, 2.75) is 19.3 Å². The molecule has 0 aromatic heterocycles. The molecule has 0 aliphatic carbocycles. The van der Waals surface area contributed by atoms with Crippen LogP contribution in [-0.2, 0) is 11.2 Å². The van der Waals surface area contributed by atoms with Crippen LogP contribution in [-0.4, -0.2) is 19.1 Å². The standard InChI is InChI=1S/C13H15BrClFO/c14-12-3-2-11(16)6-10(12)7-13(8-15)4-1-5-17-9-13/h2-3,6H,1,4-5,7-9H2. The first-order valence-electron chi connectivity index (χ1n) is 5.73. The van der Waals surface area contributed by atoms with Gasteiger partial charge in [-0.15, -0.1) is 11.6 Å². The molecule has 1 saturated heterocycles. The van der Waals surface area contributed by atoms with Gasteiger partial charge in [0.05, 0.1) is 6.61 Å². The molecule has 17 heavy (non-hydrogen) atoms. The second-order valence-electron chi connectivity index (χ2n) is 4.70. The summed E-state index contributed by atoms with van der Waals surface area (Å²) in [7, 11) is 0. The van der Waals surface area contributed by atoms with Gasteiger partial charge in [-0.1, -0.05) is 15.9 Å². The highest BCUT2D eigenvalue weighted by atomic mass is 79.9. The molecule has 0 bridgehead atoms. The predicted octanol–water partition coefficient (Wildman–Crippen LogP) is 4.17. The van der Waals surface area contributed by atoms with E-state index in [1.165, 1.54) is 6.07 Å². The molecule has 1 aliphatic heterocycles. The Bertz CT molecular complexity index is 391. The third-order valence-corrected chi connectivity index (χ3v) is 4.60. The summed E-state index contributed by atoms with van der Waals surface area (Å²) in [6.07, 6.45) is 2.83. The Morgan fingerprint density at radius 1 is 1.47 bits per heavy atom. The molecule has 0 radical (unpaired) electrons. The topological polar surface area (TPSA) is 9.23 Å². The first-order chi connectivity index (χ1) is 8.15. The third-order valence-electron chi connectivity index (χ3n) is 3.26. The van der Waals surface area contributed by atoms with Gasteiger partial charge in [0, 0.05) is 22.4 Å². The van der Waals surface area contributed by atoms with Crippen LogP contribution in [0.4, 0.5) is 4.39 Å². The predicted molar refractivity (Wildman–Crippen MR) is 71.0 cm³/mol. The zero-order chi connectivity index (χ0) is 12.3. The van der Waals surface area contributed by atoms with Crippen molar-refractivity contribution in [1.82, 2.24) is 0 Å². The highest BCUT2D eigenvalue weighted by molar-refractivity contribution is 9.10. The lowest BCUT2D eigenvalue weighted by Crippen LogP contribution is -2.35. The minimum absolute atomic E-state index is 0.0455. The van der Waals surface area contributed by atoms with Crippen molar-refractivity contribution in [2.24, 2.45) is 5.41 Å². The Morgan fingerprint density at radius 3 is 2.94 bits per heavy atom. The second kappa shape index (κ2) is 5.68. The Labute approximate surface area is 114 Å². The maximum Gasteiger partial charge on any atom is 0.123 e. The highest BCUT2D eigenvalue weighted by Gasteiger charge is 2.32.